The van der Waals surface area contributed by atoms with Gasteiger partial charge >= 0.3 is 0 Å². The van der Waals surface area contributed by atoms with Crippen LogP contribution in [0.25, 0.3) is 0 Å². The van der Waals surface area contributed by atoms with E-state index in [1.165, 1.54) is 19.3 Å². The number of alkyl halides is 1. The zero-order valence-electron chi connectivity index (χ0n) is 7.81. The molecule has 1 heteroatoms. The van der Waals surface area contributed by atoms with Crippen LogP contribution in [0.2, 0.25) is 0 Å². The van der Waals surface area contributed by atoms with Gasteiger partial charge in [-0.1, -0.05) is 20.3 Å². The van der Waals surface area contributed by atoms with E-state index in [0.29, 0.717) is 5.38 Å². The van der Waals surface area contributed by atoms with Gasteiger partial charge in [-0.2, -0.15) is 0 Å². The van der Waals surface area contributed by atoms with Crippen molar-refractivity contribution >= 4 is 11.6 Å². The van der Waals surface area contributed by atoms with E-state index in [9.17, 15) is 0 Å². The van der Waals surface area contributed by atoms with Crippen LogP contribution < -0.4 is 0 Å². The highest BCUT2D eigenvalue weighted by Gasteiger charge is 2.28. The third-order valence-electron chi connectivity index (χ3n) is 3.09. The Labute approximate surface area is 75.3 Å². The van der Waals surface area contributed by atoms with E-state index >= 15 is 0 Å². The molecule has 0 aromatic carbocycles. The molecule has 4 unspecified atom stereocenters. The Kier molecular flexibility index (Phi) is 3.24. The summed E-state index contributed by atoms with van der Waals surface area (Å²) in [6.45, 7) is 6.84. The fraction of sp³-hybridized carbons (Fsp3) is 1.00. The van der Waals surface area contributed by atoms with Crippen molar-refractivity contribution in [3.8, 4) is 0 Å². The fourth-order valence-corrected chi connectivity index (χ4v) is 2.75. The second-order valence-corrected chi connectivity index (χ2v) is 4.93. The molecule has 1 fully saturated rings. The third-order valence-corrected chi connectivity index (χ3v) is 3.41. The molecule has 11 heavy (non-hydrogen) atoms. The zero-order valence-corrected chi connectivity index (χ0v) is 8.56. The van der Waals surface area contributed by atoms with Gasteiger partial charge in [0.05, 0.1) is 0 Å². The first-order valence-electron chi connectivity index (χ1n) is 4.75. The van der Waals surface area contributed by atoms with Gasteiger partial charge in [0.1, 0.15) is 0 Å². The average molecular weight is 175 g/mol. The van der Waals surface area contributed by atoms with Crippen LogP contribution in [-0.4, -0.2) is 5.38 Å². The summed E-state index contributed by atoms with van der Waals surface area (Å²) in [4.78, 5) is 0. The van der Waals surface area contributed by atoms with E-state index in [1.54, 1.807) is 0 Å². The van der Waals surface area contributed by atoms with Crippen molar-refractivity contribution in [2.45, 2.75) is 45.4 Å². The first kappa shape index (κ1) is 9.38. The summed E-state index contributed by atoms with van der Waals surface area (Å²) >= 11 is 6.10. The highest BCUT2D eigenvalue weighted by atomic mass is 35.5. The Hall–Kier alpha value is 0.290. The lowest BCUT2D eigenvalue weighted by atomic mass is 9.74. The Balaban J connectivity index is 2.44. The molecule has 1 saturated carbocycles. The summed E-state index contributed by atoms with van der Waals surface area (Å²) in [5.41, 5.74) is 0. The van der Waals surface area contributed by atoms with E-state index in [4.69, 9.17) is 11.6 Å². The van der Waals surface area contributed by atoms with Crippen LogP contribution in [0, 0.1) is 17.8 Å². The molecule has 0 aliphatic heterocycles. The standard InChI is InChI=1S/C10H19Cl/c1-7-4-5-10(9(3)11)8(2)6-7/h7-10H,4-6H2,1-3H3. The van der Waals surface area contributed by atoms with Crippen LogP contribution in [0.4, 0.5) is 0 Å². The van der Waals surface area contributed by atoms with Crippen molar-refractivity contribution < 1.29 is 0 Å². The fourth-order valence-electron chi connectivity index (χ4n) is 2.37. The second kappa shape index (κ2) is 3.80. The zero-order chi connectivity index (χ0) is 8.43. The quantitative estimate of drug-likeness (QED) is 0.532. The van der Waals surface area contributed by atoms with E-state index < -0.39 is 0 Å². The third kappa shape index (κ3) is 2.37. The molecule has 1 aliphatic rings. The Morgan fingerprint density at radius 1 is 1.27 bits per heavy atom. The molecular formula is C10H19Cl. The summed E-state index contributed by atoms with van der Waals surface area (Å²) in [7, 11) is 0. The van der Waals surface area contributed by atoms with Crippen LogP contribution >= 0.6 is 11.6 Å². The van der Waals surface area contributed by atoms with Crippen molar-refractivity contribution in [2.75, 3.05) is 0 Å². The molecule has 0 heterocycles. The first-order valence-corrected chi connectivity index (χ1v) is 5.19. The SMILES string of the molecule is CC1CCC(C(C)Cl)C(C)C1. The molecule has 0 saturated heterocycles. The summed E-state index contributed by atoms with van der Waals surface area (Å²) < 4.78 is 0. The number of hydrogen-bond donors (Lipinski definition) is 0. The van der Waals surface area contributed by atoms with E-state index in [-0.39, 0.29) is 0 Å². The highest BCUT2D eigenvalue weighted by Crippen LogP contribution is 2.36. The molecule has 0 bridgehead atoms. The number of halogens is 1. The van der Waals surface area contributed by atoms with E-state index in [0.717, 1.165) is 17.8 Å². The van der Waals surface area contributed by atoms with Gasteiger partial charge in [0, 0.05) is 5.38 Å². The molecule has 0 N–H and O–H groups in total. The minimum absolute atomic E-state index is 0.373. The molecule has 0 aromatic rings. The molecule has 0 nitrogen and oxygen atoms in total. The van der Waals surface area contributed by atoms with Crippen molar-refractivity contribution in [1.29, 1.82) is 0 Å². The van der Waals surface area contributed by atoms with Crippen LogP contribution in [0.15, 0.2) is 0 Å². The average Bonchev–Trinajstić information content (AvgIpc) is 1.85. The Bertz CT molecular complexity index is 120. The molecule has 1 aliphatic carbocycles. The number of rotatable bonds is 1. The van der Waals surface area contributed by atoms with Crippen molar-refractivity contribution in [3.63, 3.8) is 0 Å². The largest absolute Gasteiger partial charge is 0.123 e. The lowest BCUT2D eigenvalue weighted by molar-refractivity contribution is 0.203. The summed E-state index contributed by atoms with van der Waals surface area (Å²) in [6.07, 6.45) is 4.10. The predicted octanol–water partition coefficient (Wildman–Crippen LogP) is 3.69. The Morgan fingerprint density at radius 2 is 1.91 bits per heavy atom. The Morgan fingerprint density at radius 3 is 2.36 bits per heavy atom. The lowest BCUT2D eigenvalue weighted by Gasteiger charge is -2.34. The first-order chi connectivity index (χ1) is 5.11. The maximum Gasteiger partial charge on any atom is 0.0338 e. The van der Waals surface area contributed by atoms with Gasteiger partial charge in [-0.05, 0) is 37.5 Å². The van der Waals surface area contributed by atoms with Crippen LogP contribution in [0.1, 0.15) is 40.0 Å². The smallest absolute Gasteiger partial charge is 0.0338 e. The number of hydrogen-bond acceptors (Lipinski definition) is 0. The van der Waals surface area contributed by atoms with Gasteiger partial charge in [-0.15, -0.1) is 11.6 Å². The van der Waals surface area contributed by atoms with Gasteiger partial charge in [0.2, 0.25) is 0 Å². The highest BCUT2D eigenvalue weighted by molar-refractivity contribution is 6.20. The maximum absolute atomic E-state index is 6.10. The maximum atomic E-state index is 6.10. The molecule has 4 atom stereocenters. The molecule has 0 aromatic heterocycles. The van der Waals surface area contributed by atoms with Crippen molar-refractivity contribution in [2.24, 2.45) is 17.8 Å². The minimum Gasteiger partial charge on any atom is -0.123 e. The molecule has 1 rings (SSSR count). The van der Waals surface area contributed by atoms with Crippen LogP contribution in [0.3, 0.4) is 0 Å². The summed E-state index contributed by atoms with van der Waals surface area (Å²) in [6, 6.07) is 0. The predicted molar refractivity (Wildman–Crippen MR) is 51.0 cm³/mol. The lowest BCUT2D eigenvalue weighted by Crippen LogP contribution is -2.26. The van der Waals surface area contributed by atoms with E-state index in [1.807, 2.05) is 0 Å². The van der Waals surface area contributed by atoms with Crippen molar-refractivity contribution in [1.82, 2.24) is 0 Å². The summed E-state index contributed by atoms with van der Waals surface area (Å²) in [5, 5.41) is 0.373. The summed E-state index contributed by atoms with van der Waals surface area (Å²) in [5.74, 6) is 2.54. The second-order valence-electron chi connectivity index (χ2n) is 4.24. The van der Waals surface area contributed by atoms with Crippen LogP contribution in [-0.2, 0) is 0 Å². The normalized spacial score (nSPS) is 42.0. The molecule has 0 radical (unpaired) electrons. The molecule has 0 amide bonds. The van der Waals surface area contributed by atoms with Crippen LogP contribution in [0.5, 0.6) is 0 Å². The van der Waals surface area contributed by atoms with Gasteiger partial charge < -0.3 is 0 Å². The van der Waals surface area contributed by atoms with Gasteiger partial charge in [-0.3, -0.25) is 0 Å². The minimum atomic E-state index is 0.373. The molecule has 0 spiro atoms. The monoisotopic (exact) mass is 174 g/mol. The van der Waals surface area contributed by atoms with Gasteiger partial charge in [-0.25, -0.2) is 0 Å². The molecule has 66 valence electrons. The molecular weight excluding hydrogens is 156 g/mol. The van der Waals surface area contributed by atoms with Crippen molar-refractivity contribution in [3.05, 3.63) is 0 Å². The van der Waals surface area contributed by atoms with Gasteiger partial charge in [0.25, 0.3) is 0 Å². The van der Waals surface area contributed by atoms with E-state index in [2.05, 4.69) is 20.8 Å². The van der Waals surface area contributed by atoms with Gasteiger partial charge in [0.15, 0.2) is 0 Å². The topological polar surface area (TPSA) is 0 Å².